The van der Waals surface area contributed by atoms with Crippen LogP contribution in [-0.2, 0) is 4.79 Å². The van der Waals surface area contributed by atoms with Crippen LogP contribution in [0.15, 0.2) is 29.3 Å². The fourth-order valence-electron chi connectivity index (χ4n) is 1.94. The Hall–Kier alpha value is -1.58. The molecule has 1 aromatic rings. The molecule has 1 unspecified atom stereocenters. The first-order chi connectivity index (χ1) is 11.5. The number of nitrogens with one attached hydrogen (secondary N) is 2. The summed E-state index contributed by atoms with van der Waals surface area (Å²) in [6.07, 6.45) is 1.04. The van der Waals surface area contributed by atoms with Gasteiger partial charge in [-0.05, 0) is 18.6 Å². The third-order valence-corrected chi connectivity index (χ3v) is 3.41. The first kappa shape index (κ1) is 23.4. The second-order valence-corrected chi connectivity index (χ2v) is 5.52. The van der Waals surface area contributed by atoms with Crippen LogP contribution < -0.4 is 15.4 Å². The summed E-state index contributed by atoms with van der Waals surface area (Å²) in [5.41, 5.74) is 0. The molecule has 1 aromatic carbocycles. The predicted molar refractivity (Wildman–Crippen MR) is 109 cm³/mol. The Balaban J connectivity index is 0.00000576. The van der Waals surface area contributed by atoms with Crippen molar-refractivity contribution >= 4 is 35.8 Å². The molecule has 25 heavy (non-hydrogen) atoms. The predicted octanol–water partition coefficient (Wildman–Crippen LogP) is 2.24. The van der Waals surface area contributed by atoms with Crippen LogP contribution in [0.4, 0.5) is 4.39 Å². The van der Waals surface area contributed by atoms with Crippen LogP contribution >= 0.6 is 24.0 Å². The summed E-state index contributed by atoms with van der Waals surface area (Å²) in [5, 5.41) is 6.24. The van der Waals surface area contributed by atoms with Crippen LogP contribution in [0.5, 0.6) is 5.75 Å². The van der Waals surface area contributed by atoms with Gasteiger partial charge in [0.2, 0.25) is 5.91 Å². The van der Waals surface area contributed by atoms with E-state index in [9.17, 15) is 9.18 Å². The molecule has 142 valence electrons. The van der Waals surface area contributed by atoms with Crippen LogP contribution in [0, 0.1) is 5.82 Å². The second-order valence-electron chi connectivity index (χ2n) is 5.52. The molecule has 0 fully saturated rings. The lowest BCUT2D eigenvalue weighted by atomic mass is 10.2. The molecule has 0 aliphatic carbocycles. The summed E-state index contributed by atoms with van der Waals surface area (Å²) in [4.78, 5) is 17.2. The van der Waals surface area contributed by atoms with Crippen molar-refractivity contribution < 1.29 is 13.9 Å². The van der Waals surface area contributed by atoms with Gasteiger partial charge in [-0.2, -0.15) is 0 Å². The first-order valence-corrected chi connectivity index (χ1v) is 8.03. The van der Waals surface area contributed by atoms with Crippen molar-refractivity contribution in [2.45, 2.75) is 25.9 Å². The molecule has 0 aliphatic rings. The van der Waals surface area contributed by atoms with Crippen LogP contribution in [0.2, 0.25) is 0 Å². The molecule has 8 heteroatoms. The number of nitrogens with zero attached hydrogens (tertiary/aromatic N) is 2. The van der Waals surface area contributed by atoms with E-state index in [1.165, 1.54) is 12.1 Å². The fourth-order valence-corrected chi connectivity index (χ4v) is 1.94. The Morgan fingerprint density at radius 2 is 2.08 bits per heavy atom. The van der Waals surface area contributed by atoms with Gasteiger partial charge in [-0.25, -0.2) is 4.39 Å². The number of rotatable bonds is 8. The maximum Gasteiger partial charge on any atom is 0.223 e. The minimum absolute atomic E-state index is 0. The molecular formula is C17H28FIN4O2. The van der Waals surface area contributed by atoms with Gasteiger partial charge in [-0.1, -0.05) is 13.0 Å². The number of carbonyl (C=O) groups excluding carboxylic acids is 1. The topological polar surface area (TPSA) is 66.0 Å². The maximum absolute atomic E-state index is 13.2. The zero-order chi connectivity index (χ0) is 17.9. The quantitative estimate of drug-likeness (QED) is 0.351. The van der Waals surface area contributed by atoms with Gasteiger partial charge in [0.1, 0.15) is 17.7 Å². The molecule has 0 saturated heterocycles. The number of halogens is 2. The Kier molecular flexibility index (Phi) is 11.9. The van der Waals surface area contributed by atoms with E-state index in [-0.39, 0.29) is 41.8 Å². The number of hydrogen-bond donors (Lipinski definition) is 2. The van der Waals surface area contributed by atoms with Crippen molar-refractivity contribution in [3.63, 3.8) is 0 Å². The second kappa shape index (κ2) is 12.7. The highest BCUT2D eigenvalue weighted by Gasteiger charge is 2.10. The highest BCUT2D eigenvalue weighted by Crippen LogP contribution is 2.14. The number of carbonyl (C=O) groups is 1. The Morgan fingerprint density at radius 3 is 2.64 bits per heavy atom. The highest BCUT2D eigenvalue weighted by molar-refractivity contribution is 14.0. The van der Waals surface area contributed by atoms with E-state index >= 15 is 0 Å². The van der Waals surface area contributed by atoms with E-state index in [1.807, 2.05) is 6.92 Å². The number of ether oxygens (including phenoxy) is 1. The van der Waals surface area contributed by atoms with Gasteiger partial charge in [0.05, 0.1) is 6.54 Å². The molecule has 0 heterocycles. The van der Waals surface area contributed by atoms with Gasteiger partial charge in [0.15, 0.2) is 5.96 Å². The minimum Gasteiger partial charge on any atom is -0.489 e. The Labute approximate surface area is 166 Å². The Bertz CT molecular complexity index is 555. The molecule has 1 rings (SSSR count). The van der Waals surface area contributed by atoms with Crippen molar-refractivity contribution in [3.8, 4) is 5.75 Å². The molecular weight excluding hydrogens is 438 g/mol. The van der Waals surface area contributed by atoms with E-state index in [0.29, 0.717) is 31.2 Å². The maximum atomic E-state index is 13.2. The minimum atomic E-state index is -0.321. The molecule has 0 bridgehead atoms. The third-order valence-electron chi connectivity index (χ3n) is 3.41. The molecule has 1 amide bonds. The van der Waals surface area contributed by atoms with Crippen LogP contribution in [0.3, 0.4) is 0 Å². The lowest BCUT2D eigenvalue weighted by Crippen LogP contribution is -2.43. The molecule has 0 spiro atoms. The Morgan fingerprint density at radius 1 is 1.36 bits per heavy atom. The zero-order valence-electron chi connectivity index (χ0n) is 15.2. The SMILES string of the molecule is CCC(CNC(=NC)NCCC(=O)N(C)C)Oc1cccc(F)c1.I. The standard InChI is InChI=1S/C17H27FN4O2.HI/c1-5-14(24-15-8-6-7-13(18)11-15)12-21-17(19-2)20-10-9-16(23)22(3)4;/h6-8,11,14H,5,9-10,12H2,1-4H3,(H2,19,20,21);1H. The van der Waals surface area contributed by atoms with E-state index < -0.39 is 0 Å². The van der Waals surface area contributed by atoms with E-state index in [4.69, 9.17) is 4.74 Å². The zero-order valence-corrected chi connectivity index (χ0v) is 17.5. The third kappa shape index (κ3) is 9.47. The number of aliphatic imine (C=N–C) groups is 1. The molecule has 0 saturated carbocycles. The van der Waals surface area contributed by atoms with Crippen molar-refractivity contribution in [1.82, 2.24) is 15.5 Å². The van der Waals surface area contributed by atoms with E-state index in [2.05, 4.69) is 15.6 Å². The summed E-state index contributed by atoms with van der Waals surface area (Å²) in [6, 6.07) is 6.09. The van der Waals surface area contributed by atoms with Gasteiger partial charge in [-0.3, -0.25) is 9.79 Å². The fraction of sp³-hybridized carbons (Fsp3) is 0.529. The van der Waals surface area contributed by atoms with Gasteiger partial charge >= 0.3 is 0 Å². The molecule has 0 radical (unpaired) electrons. The summed E-state index contributed by atoms with van der Waals surface area (Å²) in [5.74, 6) is 0.836. The first-order valence-electron chi connectivity index (χ1n) is 8.03. The van der Waals surface area contributed by atoms with Crippen LogP contribution in [-0.4, -0.2) is 57.1 Å². The molecule has 0 aliphatic heterocycles. The van der Waals surface area contributed by atoms with Gasteiger partial charge in [-0.15, -0.1) is 24.0 Å². The summed E-state index contributed by atoms with van der Waals surface area (Å²) in [7, 11) is 5.12. The number of hydrogen-bond acceptors (Lipinski definition) is 3. The molecule has 2 N–H and O–H groups in total. The average molecular weight is 466 g/mol. The van der Waals surface area contributed by atoms with Gasteiger partial charge < -0.3 is 20.3 Å². The van der Waals surface area contributed by atoms with Crippen LogP contribution in [0.1, 0.15) is 19.8 Å². The number of guanidine groups is 1. The highest BCUT2D eigenvalue weighted by atomic mass is 127. The largest absolute Gasteiger partial charge is 0.489 e. The monoisotopic (exact) mass is 466 g/mol. The van der Waals surface area contributed by atoms with Crippen molar-refractivity contribution in [2.75, 3.05) is 34.2 Å². The lowest BCUT2D eigenvalue weighted by Gasteiger charge is -2.20. The summed E-state index contributed by atoms with van der Waals surface area (Å²) >= 11 is 0. The molecule has 6 nitrogen and oxygen atoms in total. The molecule has 0 aromatic heterocycles. The van der Waals surface area contributed by atoms with Gasteiger partial charge in [0, 0.05) is 40.2 Å². The normalized spacial score (nSPS) is 12.0. The van der Waals surface area contributed by atoms with Crippen molar-refractivity contribution in [2.24, 2.45) is 4.99 Å². The van der Waals surface area contributed by atoms with E-state index in [1.54, 1.807) is 38.2 Å². The van der Waals surface area contributed by atoms with Crippen molar-refractivity contribution in [1.29, 1.82) is 0 Å². The summed E-state index contributed by atoms with van der Waals surface area (Å²) < 4.78 is 19.0. The molecule has 1 atom stereocenters. The van der Waals surface area contributed by atoms with Crippen LogP contribution in [0.25, 0.3) is 0 Å². The number of benzene rings is 1. The van der Waals surface area contributed by atoms with Crippen molar-refractivity contribution in [3.05, 3.63) is 30.1 Å². The summed E-state index contributed by atoms with van der Waals surface area (Å²) in [6.45, 7) is 3.02. The smallest absolute Gasteiger partial charge is 0.223 e. The lowest BCUT2D eigenvalue weighted by molar-refractivity contribution is -0.128. The number of amides is 1. The average Bonchev–Trinajstić information content (AvgIpc) is 2.56. The van der Waals surface area contributed by atoms with Gasteiger partial charge in [0.25, 0.3) is 0 Å². The van der Waals surface area contributed by atoms with E-state index in [0.717, 1.165) is 6.42 Å².